The van der Waals surface area contributed by atoms with Gasteiger partial charge in [0.25, 0.3) is 0 Å². The summed E-state index contributed by atoms with van der Waals surface area (Å²) in [4.78, 5) is 13.7. The highest BCUT2D eigenvalue weighted by Crippen LogP contribution is 2.45. The third-order valence-corrected chi connectivity index (χ3v) is 7.51. The molecule has 0 aromatic carbocycles. The highest BCUT2D eigenvalue weighted by molar-refractivity contribution is 7.18. The Balaban J connectivity index is 1.19. The number of nitrogens with zero attached hydrogens (tertiary/aromatic N) is 4. The van der Waals surface area contributed by atoms with Crippen LogP contribution in [0.15, 0.2) is 12.4 Å². The van der Waals surface area contributed by atoms with Crippen molar-refractivity contribution in [3.63, 3.8) is 0 Å². The normalized spacial score (nSPS) is 26.0. The van der Waals surface area contributed by atoms with Gasteiger partial charge in [-0.05, 0) is 24.8 Å². The van der Waals surface area contributed by atoms with E-state index in [4.69, 9.17) is 0 Å². The van der Waals surface area contributed by atoms with Gasteiger partial charge in [0.2, 0.25) is 5.92 Å². The highest BCUT2D eigenvalue weighted by Gasteiger charge is 2.53. The van der Waals surface area contributed by atoms with E-state index in [9.17, 15) is 22.0 Å². The first-order valence-electron chi connectivity index (χ1n) is 10.3. The summed E-state index contributed by atoms with van der Waals surface area (Å²) in [6.07, 6.45) is -2.29. The molecular weight excluding hydrogens is 423 g/mol. The summed E-state index contributed by atoms with van der Waals surface area (Å²) in [5.41, 5.74) is 0.152. The van der Waals surface area contributed by atoms with Crippen LogP contribution in [-0.2, 0) is 6.42 Å². The predicted octanol–water partition coefficient (Wildman–Crippen LogP) is 4.74. The van der Waals surface area contributed by atoms with Gasteiger partial charge >= 0.3 is 6.18 Å². The van der Waals surface area contributed by atoms with Gasteiger partial charge in [-0.3, -0.25) is 0 Å². The molecule has 1 aliphatic carbocycles. The number of rotatable bonds is 4. The van der Waals surface area contributed by atoms with Gasteiger partial charge in [0, 0.05) is 55.9 Å². The Bertz CT molecular complexity index is 929. The second-order valence-electron chi connectivity index (χ2n) is 9.26. The lowest BCUT2D eigenvalue weighted by molar-refractivity contribution is -0.126. The van der Waals surface area contributed by atoms with Crippen LogP contribution in [0.4, 0.5) is 27.8 Å². The first kappa shape index (κ1) is 20.4. The monoisotopic (exact) mass is 446 g/mol. The lowest BCUT2D eigenvalue weighted by Crippen LogP contribution is -2.72. The predicted molar refractivity (Wildman–Crippen MR) is 105 cm³/mol. The van der Waals surface area contributed by atoms with Crippen LogP contribution in [-0.4, -0.2) is 59.7 Å². The van der Waals surface area contributed by atoms with E-state index in [0.717, 1.165) is 50.5 Å². The Labute approximate surface area is 175 Å². The van der Waals surface area contributed by atoms with E-state index in [0.29, 0.717) is 22.5 Å². The molecule has 3 aliphatic rings. The van der Waals surface area contributed by atoms with Crippen molar-refractivity contribution in [1.82, 2.24) is 14.9 Å². The highest BCUT2D eigenvalue weighted by atomic mass is 32.1. The van der Waals surface area contributed by atoms with Crippen molar-refractivity contribution < 1.29 is 22.0 Å². The fourth-order valence-corrected chi connectivity index (χ4v) is 6.39. The Morgan fingerprint density at radius 1 is 1.13 bits per heavy atom. The molecule has 0 N–H and O–H groups in total. The molecular formula is C20H23F5N4S. The first-order valence-corrected chi connectivity index (χ1v) is 11.1. The van der Waals surface area contributed by atoms with Crippen molar-refractivity contribution >= 4 is 27.4 Å². The smallest absolute Gasteiger partial charge is 0.355 e. The van der Waals surface area contributed by atoms with Crippen molar-refractivity contribution in [2.75, 3.05) is 37.6 Å². The van der Waals surface area contributed by atoms with Gasteiger partial charge in [-0.1, -0.05) is 0 Å². The minimum absolute atomic E-state index is 0.0000420. The maximum atomic E-state index is 13.6. The molecule has 1 spiro atoms. The van der Waals surface area contributed by atoms with E-state index in [1.54, 1.807) is 6.07 Å². The number of likely N-dealkylation sites (tertiary alicyclic amines) is 1. The molecule has 30 heavy (non-hydrogen) atoms. The summed E-state index contributed by atoms with van der Waals surface area (Å²) >= 11 is 1.06. The Kier molecular flexibility index (Phi) is 4.74. The number of hydrogen-bond donors (Lipinski definition) is 0. The fourth-order valence-electron chi connectivity index (χ4n) is 5.37. The van der Waals surface area contributed by atoms with E-state index < -0.39 is 18.5 Å². The number of fused-ring (bicyclic) bond motifs is 1. The molecule has 0 bridgehead atoms. The number of hydrogen-bond acceptors (Lipinski definition) is 5. The largest absolute Gasteiger partial charge is 0.393 e. The van der Waals surface area contributed by atoms with Crippen molar-refractivity contribution in [2.24, 2.45) is 11.3 Å². The van der Waals surface area contributed by atoms with Crippen LogP contribution in [0.2, 0.25) is 0 Å². The molecule has 2 saturated heterocycles. The molecule has 10 heteroatoms. The first-order chi connectivity index (χ1) is 14.1. The van der Waals surface area contributed by atoms with E-state index >= 15 is 0 Å². The Morgan fingerprint density at radius 2 is 1.90 bits per heavy atom. The van der Waals surface area contributed by atoms with Gasteiger partial charge in [-0.2, -0.15) is 13.2 Å². The molecule has 5 rings (SSSR count). The molecule has 2 aromatic heterocycles. The standard InChI is InChI=1S/C20H23F5N4S/c21-19(22)3-1-2-13(5-19)7-28-8-18(9-28)10-29(11-18)16-15-4-14(6-20(23,24)25)30-17(15)27-12-26-16/h4,12-13H,1-3,5-11H2. The van der Waals surface area contributed by atoms with Crippen molar-refractivity contribution in [1.29, 1.82) is 0 Å². The van der Waals surface area contributed by atoms with Crippen LogP contribution in [0.25, 0.3) is 10.2 Å². The summed E-state index contributed by atoms with van der Waals surface area (Å²) in [6.45, 7) is 4.10. The average molecular weight is 446 g/mol. The van der Waals surface area contributed by atoms with Crippen LogP contribution in [0.1, 0.15) is 30.6 Å². The zero-order chi connectivity index (χ0) is 21.1. The lowest BCUT2D eigenvalue weighted by Gasteiger charge is -2.61. The average Bonchev–Trinajstić information content (AvgIpc) is 2.95. The number of aromatic nitrogens is 2. The van der Waals surface area contributed by atoms with Gasteiger partial charge in [0.05, 0.1) is 11.8 Å². The van der Waals surface area contributed by atoms with E-state index in [-0.39, 0.29) is 29.1 Å². The Hall–Kier alpha value is -1.55. The molecule has 3 fully saturated rings. The number of halogens is 5. The summed E-state index contributed by atoms with van der Waals surface area (Å²) in [5.74, 6) is -1.75. The summed E-state index contributed by atoms with van der Waals surface area (Å²) in [6, 6.07) is 1.56. The number of anilines is 1. The molecule has 1 unspecified atom stereocenters. The van der Waals surface area contributed by atoms with Gasteiger partial charge in [0.15, 0.2) is 0 Å². The molecule has 1 atom stereocenters. The maximum Gasteiger partial charge on any atom is 0.393 e. The minimum Gasteiger partial charge on any atom is -0.355 e. The zero-order valence-corrected chi connectivity index (χ0v) is 17.2. The SMILES string of the molecule is FC(F)(F)Cc1cc2c(N3CC4(CN(CC5CCCC(F)(F)C5)C4)C3)ncnc2s1. The van der Waals surface area contributed by atoms with E-state index in [1.165, 1.54) is 6.33 Å². The molecule has 0 amide bonds. The van der Waals surface area contributed by atoms with Crippen LogP contribution in [0.5, 0.6) is 0 Å². The molecule has 1 saturated carbocycles. The van der Waals surface area contributed by atoms with Crippen molar-refractivity contribution in [3.8, 4) is 0 Å². The molecule has 2 aromatic rings. The zero-order valence-electron chi connectivity index (χ0n) is 16.4. The summed E-state index contributed by atoms with van der Waals surface area (Å²) < 4.78 is 65.4. The van der Waals surface area contributed by atoms with Crippen LogP contribution in [0.3, 0.4) is 0 Å². The second-order valence-corrected chi connectivity index (χ2v) is 10.4. The topological polar surface area (TPSA) is 32.3 Å². The molecule has 0 radical (unpaired) electrons. The minimum atomic E-state index is -4.24. The maximum absolute atomic E-state index is 13.6. The third-order valence-electron chi connectivity index (χ3n) is 6.46. The molecule has 4 nitrogen and oxygen atoms in total. The van der Waals surface area contributed by atoms with Gasteiger partial charge in [-0.15, -0.1) is 11.3 Å². The summed E-state index contributed by atoms with van der Waals surface area (Å²) in [5, 5.41) is 0.678. The van der Waals surface area contributed by atoms with Gasteiger partial charge in [0.1, 0.15) is 17.0 Å². The van der Waals surface area contributed by atoms with Crippen LogP contribution < -0.4 is 4.90 Å². The van der Waals surface area contributed by atoms with Crippen LogP contribution >= 0.6 is 11.3 Å². The Morgan fingerprint density at radius 3 is 2.60 bits per heavy atom. The molecule has 164 valence electrons. The van der Waals surface area contributed by atoms with E-state index in [2.05, 4.69) is 19.8 Å². The quantitative estimate of drug-likeness (QED) is 0.635. The third kappa shape index (κ3) is 4.00. The van der Waals surface area contributed by atoms with E-state index in [1.807, 2.05) is 0 Å². The summed E-state index contributed by atoms with van der Waals surface area (Å²) in [7, 11) is 0. The number of alkyl halides is 5. The van der Waals surface area contributed by atoms with Crippen molar-refractivity contribution in [3.05, 3.63) is 17.3 Å². The molecule has 2 aliphatic heterocycles. The molecule has 4 heterocycles. The lowest BCUT2D eigenvalue weighted by atomic mass is 9.72. The second kappa shape index (κ2) is 6.98. The number of thiophene rings is 1. The van der Waals surface area contributed by atoms with Crippen LogP contribution in [0, 0.1) is 11.3 Å². The van der Waals surface area contributed by atoms with Crippen molar-refractivity contribution in [2.45, 2.75) is 44.2 Å². The fraction of sp³-hybridized carbons (Fsp3) is 0.700. The van der Waals surface area contributed by atoms with Gasteiger partial charge in [-0.25, -0.2) is 18.7 Å². The van der Waals surface area contributed by atoms with Gasteiger partial charge < -0.3 is 9.80 Å².